The summed E-state index contributed by atoms with van der Waals surface area (Å²) in [5.74, 6) is -0.101. The monoisotopic (exact) mass is 502 g/mol. The SMILES string of the molecule is Cc1ccc(-n2ncc(C(=O)Nc3cc(C)ccc3C)c2C2CCN(C(=O)OC(C)(C)C)CC2)c(C)c1. The number of aromatic nitrogens is 2. The van der Waals surface area contributed by atoms with Gasteiger partial charge in [0.15, 0.2) is 0 Å². The number of amides is 2. The zero-order chi connectivity index (χ0) is 26.9. The van der Waals surface area contributed by atoms with Crippen LogP contribution in [0, 0.1) is 27.7 Å². The Morgan fingerprint density at radius 1 is 0.946 bits per heavy atom. The van der Waals surface area contributed by atoms with Gasteiger partial charge in [0.25, 0.3) is 5.91 Å². The van der Waals surface area contributed by atoms with Gasteiger partial charge in [0, 0.05) is 24.7 Å². The number of hydrogen-bond donors (Lipinski definition) is 1. The van der Waals surface area contributed by atoms with E-state index >= 15 is 0 Å². The quantitative estimate of drug-likeness (QED) is 0.443. The molecular formula is C30H38N4O3. The molecule has 0 bridgehead atoms. The number of likely N-dealkylation sites (tertiary alicyclic amines) is 1. The molecule has 0 radical (unpaired) electrons. The van der Waals surface area contributed by atoms with E-state index in [2.05, 4.69) is 37.4 Å². The van der Waals surface area contributed by atoms with Crippen molar-refractivity contribution in [1.29, 1.82) is 0 Å². The summed E-state index contributed by atoms with van der Waals surface area (Å²) in [7, 11) is 0. The molecule has 1 aromatic heterocycles. The molecule has 2 aromatic carbocycles. The predicted molar refractivity (Wildman–Crippen MR) is 147 cm³/mol. The van der Waals surface area contributed by atoms with E-state index in [0.29, 0.717) is 18.7 Å². The summed E-state index contributed by atoms with van der Waals surface area (Å²) in [6.07, 6.45) is 2.83. The molecule has 1 N–H and O–H groups in total. The number of carbonyl (C=O) groups is 2. The van der Waals surface area contributed by atoms with Crippen molar-refractivity contribution in [2.45, 2.75) is 72.8 Å². The minimum Gasteiger partial charge on any atom is -0.444 e. The van der Waals surface area contributed by atoms with E-state index in [-0.39, 0.29) is 17.9 Å². The molecule has 1 saturated heterocycles. The molecule has 0 aliphatic carbocycles. The first-order valence-electron chi connectivity index (χ1n) is 12.9. The third-order valence-electron chi connectivity index (χ3n) is 6.81. The number of piperidine rings is 1. The van der Waals surface area contributed by atoms with Crippen molar-refractivity contribution in [3.8, 4) is 5.69 Å². The minimum absolute atomic E-state index is 0.0706. The van der Waals surface area contributed by atoms with E-state index in [1.165, 1.54) is 5.56 Å². The molecule has 2 heterocycles. The van der Waals surface area contributed by atoms with Crippen LogP contribution in [0.4, 0.5) is 10.5 Å². The van der Waals surface area contributed by atoms with Gasteiger partial charge in [-0.1, -0.05) is 29.8 Å². The summed E-state index contributed by atoms with van der Waals surface area (Å²) in [6.45, 7) is 14.9. The molecule has 0 unspecified atom stereocenters. The van der Waals surface area contributed by atoms with Crippen molar-refractivity contribution >= 4 is 17.7 Å². The average molecular weight is 503 g/mol. The summed E-state index contributed by atoms with van der Waals surface area (Å²) >= 11 is 0. The van der Waals surface area contributed by atoms with Gasteiger partial charge in [-0.15, -0.1) is 0 Å². The first-order chi connectivity index (χ1) is 17.4. The lowest BCUT2D eigenvalue weighted by Gasteiger charge is -2.34. The van der Waals surface area contributed by atoms with Crippen LogP contribution in [-0.4, -0.2) is 45.4 Å². The molecule has 7 nitrogen and oxygen atoms in total. The van der Waals surface area contributed by atoms with E-state index in [0.717, 1.165) is 46.6 Å². The van der Waals surface area contributed by atoms with Gasteiger partial charge in [-0.2, -0.15) is 5.10 Å². The highest BCUT2D eigenvalue weighted by molar-refractivity contribution is 6.05. The summed E-state index contributed by atoms with van der Waals surface area (Å²) in [5.41, 5.74) is 7.04. The van der Waals surface area contributed by atoms with Crippen molar-refractivity contribution in [1.82, 2.24) is 14.7 Å². The van der Waals surface area contributed by atoms with Crippen molar-refractivity contribution in [2.75, 3.05) is 18.4 Å². The van der Waals surface area contributed by atoms with Crippen molar-refractivity contribution < 1.29 is 14.3 Å². The van der Waals surface area contributed by atoms with Gasteiger partial charge in [-0.3, -0.25) is 4.79 Å². The number of anilines is 1. The van der Waals surface area contributed by atoms with Crippen LogP contribution in [0.15, 0.2) is 42.6 Å². The van der Waals surface area contributed by atoms with Crippen LogP contribution in [0.2, 0.25) is 0 Å². The maximum atomic E-state index is 13.6. The third kappa shape index (κ3) is 6.04. The fourth-order valence-corrected chi connectivity index (χ4v) is 4.88. The predicted octanol–water partition coefficient (Wildman–Crippen LogP) is 6.47. The lowest BCUT2D eigenvalue weighted by atomic mass is 9.90. The van der Waals surface area contributed by atoms with Gasteiger partial charge >= 0.3 is 6.09 Å². The Hall–Kier alpha value is -3.61. The van der Waals surface area contributed by atoms with E-state index in [4.69, 9.17) is 9.84 Å². The standard InChI is InChI=1S/C30H38N4O3/c1-19-9-11-26(22(4)16-19)34-27(23-12-14-33(15-13-23)29(36)37-30(5,6)7)24(18-31-34)28(35)32-25-17-20(2)8-10-21(25)3/h8-11,16-18,23H,12-15H2,1-7H3,(H,32,35). The topological polar surface area (TPSA) is 76.5 Å². The molecule has 2 amide bonds. The Morgan fingerprint density at radius 2 is 1.59 bits per heavy atom. The average Bonchev–Trinajstić information content (AvgIpc) is 3.25. The smallest absolute Gasteiger partial charge is 0.410 e. The zero-order valence-corrected chi connectivity index (χ0v) is 23.0. The lowest BCUT2D eigenvalue weighted by molar-refractivity contribution is 0.0203. The molecule has 1 aliphatic rings. The highest BCUT2D eigenvalue weighted by atomic mass is 16.6. The number of ether oxygens (including phenoxy) is 1. The van der Waals surface area contributed by atoms with Gasteiger partial charge in [0.1, 0.15) is 5.60 Å². The first-order valence-corrected chi connectivity index (χ1v) is 12.9. The van der Waals surface area contributed by atoms with E-state index in [1.807, 2.05) is 57.5 Å². The number of aryl methyl sites for hydroxylation is 4. The largest absolute Gasteiger partial charge is 0.444 e. The molecule has 37 heavy (non-hydrogen) atoms. The summed E-state index contributed by atoms with van der Waals surface area (Å²) in [6, 6.07) is 12.3. The Balaban J connectivity index is 1.66. The number of nitrogens with zero attached hydrogens (tertiary/aromatic N) is 3. The maximum absolute atomic E-state index is 13.6. The van der Waals surface area contributed by atoms with Crippen LogP contribution < -0.4 is 5.32 Å². The van der Waals surface area contributed by atoms with Crippen LogP contribution in [0.5, 0.6) is 0 Å². The molecule has 0 saturated carbocycles. The number of nitrogens with one attached hydrogen (secondary N) is 1. The van der Waals surface area contributed by atoms with Gasteiger partial charge < -0.3 is 15.0 Å². The van der Waals surface area contributed by atoms with Gasteiger partial charge in [0.05, 0.1) is 23.1 Å². The molecule has 1 fully saturated rings. The molecule has 0 spiro atoms. The third-order valence-corrected chi connectivity index (χ3v) is 6.81. The van der Waals surface area contributed by atoms with Crippen molar-refractivity contribution in [3.63, 3.8) is 0 Å². The summed E-state index contributed by atoms with van der Waals surface area (Å²) < 4.78 is 7.49. The van der Waals surface area contributed by atoms with E-state index < -0.39 is 5.60 Å². The molecule has 196 valence electrons. The van der Waals surface area contributed by atoms with E-state index in [1.54, 1.807) is 11.1 Å². The van der Waals surface area contributed by atoms with Gasteiger partial charge in [-0.25, -0.2) is 9.48 Å². The van der Waals surface area contributed by atoms with Crippen LogP contribution >= 0.6 is 0 Å². The lowest BCUT2D eigenvalue weighted by Crippen LogP contribution is -2.41. The van der Waals surface area contributed by atoms with E-state index in [9.17, 15) is 9.59 Å². The fourth-order valence-electron chi connectivity index (χ4n) is 4.88. The Morgan fingerprint density at radius 3 is 2.24 bits per heavy atom. The molecule has 1 aliphatic heterocycles. The first kappa shape index (κ1) is 26.5. The molecule has 3 aromatic rings. The molecule has 7 heteroatoms. The minimum atomic E-state index is -0.533. The summed E-state index contributed by atoms with van der Waals surface area (Å²) in [4.78, 5) is 28.0. The maximum Gasteiger partial charge on any atom is 0.410 e. The normalized spacial score (nSPS) is 14.5. The fraction of sp³-hybridized carbons (Fsp3) is 0.433. The molecule has 0 atom stereocenters. The molecular weight excluding hydrogens is 464 g/mol. The highest BCUT2D eigenvalue weighted by Gasteiger charge is 2.32. The number of rotatable bonds is 4. The van der Waals surface area contributed by atoms with Crippen LogP contribution in [-0.2, 0) is 4.74 Å². The Kier molecular flexibility index (Phi) is 7.44. The highest BCUT2D eigenvalue weighted by Crippen LogP contribution is 2.34. The van der Waals surface area contributed by atoms with Crippen LogP contribution in [0.3, 0.4) is 0 Å². The number of carbonyl (C=O) groups excluding carboxylic acids is 2. The zero-order valence-electron chi connectivity index (χ0n) is 23.0. The second kappa shape index (κ2) is 10.4. The van der Waals surface area contributed by atoms with Crippen LogP contribution in [0.25, 0.3) is 5.69 Å². The Labute approximate surface area is 219 Å². The van der Waals surface area contributed by atoms with Gasteiger partial charge in [0.2, 0.25) is 0 Å². The second-order valence-electron chi connectivity index (χ2n) is 11.2. The second-order valence-corrected chi connectivity index (χ2v) is 11.2. The van der Waals surface area contributed by atoms with Crippen molar-refractivity contribution in [3.05, 3.63) is 76.1 Å². The van der Waals surface area contributed by atoms with Gasteiger partial charge in [-0.05, 0) is 90.1 Å². The summed E-state index contributed by atoms with van der Waals surface area (Å²) in [5, 5.41) is 7.82. The Bertz CT molecular complexity index is 1310. The number of benzene rings is 2. The van der Waals surface area contributed by atoms with Crippen LogP contribution in [0.1, 0.15) is 77.8 Å². The van der Waals surface area contributed by atoms with Crippen molar-refractivity contribution in [2.24, 2.45) is 0 Å². The number of hydrogen-bond acceptors (Lipinski definition) is 4. The molecule has 4 rings (SSSR count).